The number of fused-ring (bicyclic) bond motifs is 2. The van der Waals surface area contributed by atoms with Gasteiger partial charge in [-0.1, -0.05) is 23.7 Å². The number of aromatic amines is 1. The van der Waals surface area contributed by atoms with Crippen molar-refractivity contribution in [2.45, 2.75) is 11.9 Å². The number of rotatable bonds is 6. The van der Waals surface area contributed by atoms with Crippen LogP contribution in [0.25, 0.3) is 33.3 Å². The predicted octanol–water partition coefficient (Wildman–Crippen LogP) is 5.15. The van der Waals surface area contributed by atoms with Gasteiger partial charge in [0.05, 0.1) is 23.9 Å². The quantitative estimate of drug-likeness (QED) is 0.316. The highest BCUT2D eigenvalue weighted by Crippen LogP contribution is 2.41. The van der Waals surface area contributed by atoms with Crippen LogP contribution in [0.1, 0.15) is 10.9 Å². The van der Waals surface area contributed by atoms with Gasteiger partial charge in [-0.05, 0) is 54.6 Å². The van der Waals surface area contributed by atoms with Crippen molar-refractivity contribution in [2.75, 3.05) is 12.9 Å². The first-order valence-corrected chi connectivity index (χ1v) is 13.0. The number of H-pyrrole nitrogens is 1. The Balaban J connectivity index is 1.30. The predicted molar refractivity (Wildman–Crippen MR) is 145 cm³/mol. The number of halogens is 1. The van der Waals surface area contributed by atoms with Crippen molar-refractivity contribution in [1.82, 2.24) is 25.0 Å². The molecule has 1 fully saturated rings. The zero-order valence-corrected chi connectivity index (χ0v) is 21.3. The number of amides is 2. The summed E-state index contributed by atoms with van der Waals surface area (Å²) in [7, 11) is 1.62. The van der Waals surface area contributed by atoms with E-state index in [1.54, 1.807) is 19.2 Å². The first kappa shape index (κ1) is 23.4. The first-order chi connectivity index (χ1) is 18.0. The number of hydrazine groups is 1. The molecule has 186 valence electrons. The van der Waals surface area contributed by atoms with E-state index in [4.69, 9.17) is 21.3 Å². The SMILES string of the molecule is COc1ccc2[nH]cc(C3SCC(=O)N3NC(=O)Cn3c(-c4ccc(Cl)cc4)nc4ccccc43)c2c1. The maximum atomic E-state index is 13.4. The highest BCUT2D eigenvalue weighted by atomic mass is 35.5. The van der Waals surface area contributed by atoms with Crippen molar-refractivity contribution in [1.29, 1.82) is 0 Å². The summed E-state index contributed by atoms with van der Waals surface area (Å²) in [5.41, 5.74) is 7.13. The van der Waals surface area contributed by atoms with Gasteiger partial charge in [0, 0.05) is 33.2 Å². The van der Waals surface area contributed by atoms with Gasteiger partial charge in [0.1, 0.15) is 23.5 Å². The van der Waals surface area contributed by atoms with Crippen LogP contribution in [-0.2, 0) is 16.1 Å². The molecule has 2 amide bonds. The van der Waals surface area contributed by atoms with Crippen LogP contribution >= 0.6 is 23.4 Å². The molecular formula is C27H22ClN5O3S. The number of nitrogens with zero attached hydrogens (tertiary/aromatic N) is 3. The summed E-state index contributed by atoms with van der Waals surface area (Å²) in [6.07, 6.45) is 1.88. The molecule has 1 unspecified atom stereocenters. The number of para-hydroxylation sites is 2. The number of hydrogen-bond acceptors (Lipinski definition) is 5. The van der Waals surface area contributed by atoms with Gasteiger partial charge in [-0.15, -0.1) is 11.8 Å². The Morgan fingerprint density at radius 3 is 2.81 bits per heavy atom. The number of carbonyl (C=O) groups excluding carboxylic acids is 2. The lowest BCUT2D eigenvalue weighted by Crippen LogP contribution is -2.45. The van der Waals surface area contributed by atoms with Gasteiger partial charge < -0.3 is 14.3 Å². The van der Waals surface area contributed by atoms with E-state index in [1.807, 2.05) is 65.4 Å². The molecule has 0 radical (unpaired) electrons. The van der Waals surface area contributed by atoms with Gasteiger partial charge in [0.25, 0.3) is 11.8 Å². The Kier molecular flexibility index (Phi) is 6.02. The van der Waals surface area contributed by atoms with Crippen molar-refractivity contribution in [3.05, 3.63) is 83.5 Å². The molecule has 1 aliphatic heterocycles. The molecule has 10 heteroatoms. The number of thioether (sulfide) groups is 1. The summed E-state index contributed by atoms with van der Waals surface area (Å²) < 4.78 is 7.24. The van der Waals surface area contributed by atoms with E-state index in [0.717, 1.165) is 38.8 Å². The number of ether oxygens (including phenoxy) is 1. The van der Waals surface area contributed by atoms with E-state index in [0.29, 0.717) is 10.8 Å². The molecule has 1 saturated heterocycles. The van der Waals surface area contributed by atoms with Gasteiger partial charge in [-0.3, -0.25) is 15.0 Å². The molecule has 0 aliphatic carbocycles. The van der Waals surface area contributed by atoms with Crippen molar-refractivity contribution in [3.63, 3.8) is 0 Å². The number of carbonyl (C=O) groups is 2. The van der Waals surface area contributed by atoms with Gasteiger partial charge in [-0.25, -0.2) is 9.99 Å². The minimum atomic E-state index is -0.368. The number of benzene rings is 3. The lowest BCUT2D eigenvalue weighted by molar-refractivity contribution is -0.139. The van der Waals surface area contributed by atoms with Crippen molar-refractivity contribution >= 4 is 57.1 Å². The second-order valence-corrected chi connectivity index (χ2v) is 10.1. The standard InChI is InChI=1S/C27H22ClN5O3S/c1-36-18-10-11-21-19(12-18)20(13-29-21)27-33(25(35)15-37-27)31-24(34)14-32-23-5-3-2-4-22(23)30-26(32)16-6-8-17(28)9-7-16/h2-13,27,29H,14-15H2,1H3,(H,31,34). The molecule has 0 saturated carbocycles. The first-order valence-electron chi connectivity index (χ1n) is 11.6. The largest absolute Gasteiger partial charge is 0.497 e. The molecule has 37 heavy (non-hydrogen) atoms. The Hall–Kier alpha value is -3.95. The summed E-state index contributed by atoms with van der Waals surface area (Å²) in [4.78, 5) is 34.2. The average Bonchev–Trinajstić information content (AvgIpc) is 3.60. The normalized spacial score (nSPS) is 15.6. The topological polar surface area (TPSA) is 92.3 Å². The van der Waals surface area contributed by atoms with Gasteiger partial charge >= 0.3 is 0 Å². The van der Waals surface area contributed by atoms with E-state index in [-0.39, 0.29) is 29.5 Å². The third kappa shape index (κ3) is 4.30. The summed E-state index contributed by atoms with van der Waals surface area (Å²) >= 11 is 7.55. The van der Waals surface area contributed by atoms with Crippen LogP contribution < -0.4 is 10.2 Å². The molecule has 6 rings (SSSR count). The zero-order chi connectivity index (χ0) is 25.5. The summed E-state index contributed by atoms with van der Waals surface area (Å²) in [5, 5.41) is 2.62. The molecule has 2 N–H and O–H groups in total. The summed E-state index contributed by atoms with van der Waals surface area (Å²) in [5.74, 6) is 1.16. The second-order valence-electron chi connectivity index (χ2n) is 8.63. The van der Waals surface area contributed by atoms with E-state index in [2.05, 4.69) is 10.4 Å². The Labute approximate surface area is 221 Å². The molecule has 3 aromatic carbocycles. The minimum absolute atomic E-state index is 0.0126. The Bertz CT molecular complexity index is 1650. The molecule has 1 aliphatic rings. The average molecular weight is 532 g/mol. The molecule has 0 spiro atoms. The smallest absolute Gasteiger partial charge is 0.258 e. The second kappa shape index (κ2) is 9.49. The molecule has 3 heterocycles. The van der Waals surface area contributed by atoms with Crippen LogP contribution in [0, 0.1) is 0 Å². The number of methoxy groups -OCH3 is 1. The van der Waals surface area contributed by atoms with Gasteiger partial charge in [0.2, 0.25) is 0 Å². The fourth-order valence-corrected chi connectivity index (χ4v) is 5.86. The summed E-state index contributed by atoms with van der Waals surface area (Å²) in [6.45, 7) is -0.0126. The lowest BCUT2D eigenvalue weighted by atomic mass is 10.1. The Morgan fingerprint density at radius 1 is 1.19 bits per heavy atom. The number of imidazole rings is 1. The maximum absolute atomic E-state index is 13.4. The number of aromatic nitrogens is 3. The number of hydrogen-bond donors (Lipinski definition) is 2. The highest BCUT2D eigenvalue weighted by molar-refractivity contribution is 8.00. The van der Waals surface area contributed by atoms with E-state index >= 15 is 0 Å². The fraction of sp³-hybridized carbons (Fsp3) is 0.148. The Morgan fingerprint density at radius 2 is 2.00 bits per heavy atom. The van der Waals surface area contributed by atoms with Crippen LogP contribution in [0.2, 0.25) is 5.02 Å². The third-order valence-corrected chi connectivity index (χ3v) is 7.80. The molecule has 2 aromatic heterocycles. The van der Waals surface area contributed by atoms with Crippen LogP contribution in [0.5, 0.6) is 5.75 Å². The van der Waals surface area contributed by atoms with E-state index in [9.17, 15) is 9.59 Å². The lowest BCUT2D eigenvalue weighted by Gasteiger charge is -2.24. The molecule has 0 bridgehead atoms. The van der Waals surface area contributed by atoms with Crippen LogP contribution in [0.4, 0.5) is 0 Å². The van der Waals surface area contributed by atoms with Crippen LogP contribution in [-0.4, -0.2) is 44.2 Å². The van der Waals surface area contributed by atoms with E-state index in [1.165, 1.54) is 16.8 Å². The van der Waals surface area contributed by atoms with E-state index < -0.39 is 0 Å². The molecular weight excluding hydrogens is 510 g/mol. The highest BCUT2D eigenvalue weighted by Gasteiger charge is 2.36. The minimum Gasteiger partial charge on any atom is -0.497 e. The van der Waals surface area contributed by atoms with Crippen molar-refractivity contribution in [3.8, 4) is 17.1 Å². The maximum Gasteiger partial charge on any atom is 0.258 e. The van der Waals surface area contributed by atoms with Crippen molar-refractivity contribution < 1.29 is 14.3 Å². The zero-order valence-electron chi connectivity index (χ0n) is 19.8. The monoisotopic (exact) mass is 531 g/mol. The summed E-state index contributed by atoms with van der Waals surface area (Å²) in [6, 6.07) is 20.7. The van der Waals surface area contributed by atoms with Crippen LogP contribution in [0.15, 0.2) is 72.9 Å². The number of nitrogens with one attached hydrogen (secondary N) is 2. The van der Waals surface area contributed by atoms with Gasteiger partial charge in [-0.2, -0.15) is 0 Å². The molecule has 1 atom stereocenters. The van der Waals surface area contributed by atoms with Crippen molar-refractivity contribution in [2.24, 2.45) is 0 Å². The van der Waals surface area contributed by atoms with Gasteiger partial charge in [0.15, 0.2) is 0 Å². The molecule has 8 nitrogen and oxygen atoms in total. The fourth-order valence-electron chi connectivity index (χ4n) is 4.60. The molecule has 5 aromatic rings. The van der Waals surface area contributed by atoms with Crippen LogP contribution in [0.3, 0.4) is 0 Å². The third-order valence-electron chi connectivity index (χ3n) is 6.36.